The van der Waals surface area contributed by atoms with Gasteiger partial charge >= 0.3 is 0 Å². The van der Waals surface area contributed by atoms with Crippen molar-refractivity contribution in [2.24, 2.45) is 5.92 Å². The zero-order chi connectivity index (χ0) is 18.4. The topological polar surface area (TPSA) is 75.3 Å². The highest BCUT2D eigenvalue weighted by molar-refractivity contribution is 7.90. The minimum Gasteiger partial charge on any atom is -0.352 e. The monoisotopic (exact) mass is 372 g/mol. The average Bonchev–Trinajstić information content (AvgIpc) is 3.16. The molecule has 0 bridgehead atoms. The van der Waals surface area contributed by atoms with Crippen LogP contribution in [0.2, 0.25) is 0 Å². The number of hydrogen-bond donors (Lipinski definition) is 2. The van der Waals surface area contributed by atoms with Crippen molar-refractivity contribution in [1.29, 1.82) is 0 Å². The zero-order valence-electron chi connectivity index (χ0n) is 14.6. The molecule has 0 aliphatic carbocycles. The van der Waals surface area contributed by atoms with Crippen molar-refractivity contribution in [1.82, 2.24) is 10.6 Å². The van der Waals surface area contributed by atoms with E-state index in [4.69, 9.17) is 0 Å². The Balaban J connectivity index is 1.57. The fourth-order valence-corrected chi connectivity index (χ4v) is 4.49. The van der Waals surface area contributed by atoms with Gasteiger partial charge in [0.15, 0.2) is 9.84 Å². The van der Waals surface area contributed by atoms with Gasteiger partial charge in [-0.1, -0.05) is 30.3 Å². The van der Waals surface area contributed by atoms with Gasteiger partial charge in [0.25, 0.3) is 5.91 Å². The van der Waals surface area contributed by atoms with Crippen LogP contribution in [0.3, 0.4) is 0 Å². The summed E-state index contributed by atoms with van der Waals surface area (Å²) in [5.41, 5.74) is 1.23. The van der Waals surface area contributed by atoms with Gasteiger partial charge in [0.2, 0.25) is 0 Å². The fraction of sp³-hybridized carbons (Fsp3) is 0.350. The largest absolute Gasteiger partial charge is 0.352 e. The summed E-state index contributed by atoms with van der Waals surface area (Å²) in [5, 5.41) is 6.22. The Morgan fingerprint density at radius 1 is 1.08 bits per heavy atom. The zero-order valence-corrected chi connectivity index (χ0v) is 15.5. The Bertz CT molecular complexity index is 827. The van der Waals surface area contributed by atoms with Crippen molar-refractivity contribution in [3.63, 3.8) is 0 Å². The summed E-state index contributed by atoms with van der Waals surface area (Å²) in [4.78, 5) is 12.4. The molecule has 0 radical (unpaired) electrons. The number of nitrogens with one attached hydrogen (secondary N) is 2. The van der Waals surface area contributed by atoms with Crippen LogP contribution in [-0.4, -0.2) is 34.0 Å². The summed E-state index contributed by atoms with van der Waals surface area (Å²) in [6.45, 7) is 2.71. The predicted octanol–water partition coefficient (Wildman–Crippen LogP) is 2.39. The molecule has 1 unspecified atom stereocenters. The van der Waals surface area contributed by atoms with Gasteiger partial charge in [-0.15, -0.1) is 0 Å². The molecule has 2 aromatic rings. The van der Waals surface area contributed by atoms with Gasteiger partial charge in [0.05, 0.1) is 10.6 Å². The van der Waals surface area contributed by atoms with Crippen LogP contribution in [0.25, 0.3) is 0 Å². The molecule has 26 heavy (non-hydrogen) atoms. The van der Waals surface area contributed by atoms with Crippen molar-refractivity contribution >= 4 is 15.7 Å². The van der Waals surface area contributed by atoms with Crippen LogP contribution in [0.4, 0.5) is 0 Å². The summed E-state index contributed by atoms with van der Waals surface area (Å²) in [6.07, 6.45) is 2.12. The van der Waals surface area contributed by atoms with Gasteiger partial charge < -0.3 is 10.6 Å². The van der Waals surface area contributed by atoms with E-state index in [9.17, 15) is 13.2 Å². The molecule has 1 atom stereocenters. The van der Waals surface area contributed by atoms with Gasteiger partial charge in [-0.25, -0.2) is 8.42 Å². The normalized spacial score (nSPS) is 17.2. The Labute approximate surface area is 154 Å². The van der Waals surface area contributed by atoms with Crippen LogP contribution in [-0.2, 0) is 15.6 Å². The minimum atomic E-state index is -3.42. The first-order valence-corrected chi connectivity index (χ1v) is 10.6. The lowest BCUT2D eigenvalue weighted by molar-refractivity contribution is 0.0951. The molecule has 3 rings (SSSR count). The molecule has 1 aliphatic heterocycles. The molecule has 6 heteroatoms. The van der Waals surface area contributed by atoms with Gasteiger partial charge in [0.1, 0.15) is 0 Å². The molecule has 1 heterocycles. The molecule has 138 valence electrons. The van der Waals surface area contributed by atoms with E-state index in [2.05, 4.69) is 10.6 Å². The van der Waals surface area contributed by atoms with Gasteiger partial charge in [-0.3, -0.25) is 4.79 Å². The molecule has 1 amide bonds. The molecule has 1 saturated heterocycles. The molecule has 0 saturated carbocycles. The quantitative estimate of drug-likeness (QED) is 0.783. The highest BCUT2D eigenvalue weighted by Gasteiger charge is 2.17. The van der Waals surface area contributed by atoms with Crippen molar-refractivity contribution < 1.29 is 13.2 Å². The van der Waals surface area contributed by atoms with Crippen molar-refractivity contribution in [3.8, 4) is 0 Å². The first kappa shape index (κ1) is 18.6. The second-order valence-electron chi connectivity index (χ2n) is 6.67. The maximum Gasteiger partial charge on any atom is 0.251 e. The highest BCUT2D eigenvalue weighted by atomic mass is 32.2. The number of carbonyl (C=O) groups excluding carboxylic acids is 1. The van der Waals surface area contributed by atoms with E-state index in [-0.39, 0.29) is 16.6 Å². The summed E-state index contributed by atoms with van der Waals surface area (Å²) in [5.74, 6) is 0.415. The number of carbonyl (C=O) groups is 1. The number of amides is 1. The van der Waals surface area contributed by atoms with Crippen LogP contribution in [0, 0.1) is 5.92 Å². The van der Waals surface area contributed by atoms with E-state index in [1.54, 1.807) is 24.3 Å². The van der Waals surface area contributed by atoms with E-state index < -0.39 is 9.84 Å². The second-order valence-corrected chi connectivity index (χ2v) is 8.66. The lowest BCUT2D eigenvalue weighted by Crippen LogP contribution is -2.26. The van der Waals surface area contributed by atoms with Crippen LogP contribution in [0.1, 0.15) is 28.8 Å². The van der Waals surface area contributed by atoms with E-state index in [0.717, 1.165) is 31.5 Å². The van der Waals surface area contributed by atoms with Crippen LogP contribution >= 0.6 is 0 Å². The van der Waals surface area contributed by atoms with E-state index >= 15 is 0 Å². The summed E-state index contributed by atoms with van der Waals surface area (Å²) in [6, 6.07) is 15.2. The third-order valence-electron chi connectivity index (χ3n) is 4.68. The van der Waals surface area contributed by atoms with Crippen LogP contribution in [0.15, 0.2) is 59.5 Å². The third-order valence-corrected chi connectivity index (χ3v) is 6.38. The smallest absolute Gasteiger partial charge is 0.251 e. The lowest BCUT2D eigenvalue weighted by atomic mass is 10.1. The first-order chi connectivity index (χ1) is 12.5. The first-order valence-electron chi connectivity index (χ1n) is 8.90. The summed E-state index contributed by atoms with van der Waals surface area (Å²) >= 11 is 0. The predicted molar refractivity (Wildman–Crippen MR) is 102 cm³/mol. The molecular weight excluding hydrogens is 348 g/mol. The Kier molecular flexibility index (Phi) is 6.06. The number of hydrogen-bond acceptors (Lipinski definition) is 4. The fourth-order valence-electron chi connectivity index (χ4n) is 3.14. The molecule has 1 aliphatic rings. The highest BCUT2D eigenvalue weighted by Crippen LogP contribution is 2.17. The molecule has 0 aromatic heterocycles. The maximum absolute atomic E-state index is 12.5. The van der Waals surface area contributed by atoms with Gasteiger partial charge in [0, 0.05) is 12.1 Å². The standard InChI is InChI=1S/C20H24N2O3S/c23-20(22-13-11-16-10-12-21-14-16)18-6-8-19(9-7-18)26(24,25)15-17-4-2-1-3-5-17/h1-9,16,21H,10-15H2,(H,22,23). The van der Waals surface area contributed by atoms with E-state index in [0.29, 0.717) is 18.0 Å². The lowest BCUT2D eigenvalue weighted by Gasteiger charge is -2.10. The van der Waals surface area contributed by atoms with Crippen molar-refractivity contribution in [2.75, 3.05) is 19.6 Å². The average molecular weight is 372 g/mol. The van der Waals surface area contributed by atoms with Gasteiger partial charge in [-0.05, 0) is 61.7 Å². The Morgan fingerprint density at radius 2 is 1.81 bits per heavy atom. The molecule has 0 spiro atoms. The molecule has 1 fully saturated rings. The number of sulfone groups is 1. The minimum absolute atomic E-state index is 0.0468. The molecule has 2 aromatic carbocycles. The van der Waals surface area contributed by atoms with E-state index in [1.807, 2.05) is 18.2 Å². The van der Waals surface area contributed by atoms with E-state index in [1.165, 1.54) is 12.1 Å². The SMILES string of the molecule is O=C(NCCC1CCNC1)c1ccc(S(=O)(=O)Cc2ccccc2)cc1. The Morgan fingerprint density at radius 3 is 2.46 bits per heavy atom. The molecule has 5 nitrogen and oxygen atoms in total. The van der Waals surface area contributed by atoms with Crippen LogP contribution < -0.4 is 10.6 Å². The van der Waals surface area contributed by atoms with Gasteiger partial charge in [-0.2, -0.15) is 0 Å². The Hall–Kier alpha value is -2.18. The van der Waals surface area contributed by atoms with Crippen molar-refractivity contribution in [2.45, 2.75) is 23.5 Å². The molecule has 2 N–H and O–H groups in total. The summed E-state index contributed by atoms with van der Waals surface area (Å²) in [7, 11) is -3.42. The summed E-state index contributed by atoms with van der Waals surface area (Å²) < 4.78 is 25.0. The maximum atomic E-state index is 12.5. The number of rotatable bonds is 7. The van der Waals surface area contributed by atoms with Crippen LogP contribution in [0.5, 0.6) is 0 Å². The number of benzene rings is 2. The van der Waals surface area contributed by atoms with Crippen molar-refractivity contribution in [3.05, 3.63) is 65.7 Å². The molecular formula is C20H24N2O3S. The third kappa shape index (κ3) is 4.93. The second kappa shape index (κ2) is 8.47.